The lowest BCUT2D eigenvalue weighted by Crippen LogP contribution is -2.02. The van der Waals surface area contributed by atoms with Crippen molar-refractivity contribution in [3.05, 3.63) is 0 Å². The number of unbranched alkanes of at least 4 members (excludes halogenated alkanes) is 4. The summed E-state index contributed by atoms with van der Waals surface area (Å²) in [6, 6.07) is 0. The van der Waals surface area contributed by atoms with Crippen LogP contribution in [0.5, 0.6) is 0 Å². The van der Waals surface area contributed by atoms with E-state index in [1.165, 1.54) is 38.5 Å². The molecule has 2 unspecified atom stereocenters. The van der Waals surface area contributed by atoms with Crippen LogP contribution in [0, 0.1) is 0 Å². The van der Waals surface area contributed by atoms with Crippen molar-refractivity contribution in [2.75, 3.05) is 0 Å². The molecule has 18 heavy (non-hydrogen) atoms. The third-order valence-electron chi connectivity index (χ3n) is 3.22. The largest absolute Gasteiger partial charge is 0.393 e. The summed E-state index contributed by atoms with van der Waals surface area (Å²) < 4.78 is 0. The van der Waals surface area contributed by atoms with E-state index >= 15 is 0 Å². The minimum absolute atomic E-state index is 0.0449. The molecular weight excluding hydrogens is 224 g/mol. The van der Waals surface area contributed by atoms with E-state index in [1.807, 2.05) is 13.8 Å². The van der Waals surface area contributed by atoms with Crippen LogP contribution in [0.1, 0.15) is 91.9 Å². The zero-order valence-electron chi connectivity index (χ0n) is 13.1. The van der Waals surface area contributed by atoms with Gasteiger partial charge in [0.2, 0.25) is 0 Å². The molecule has 2 atom stereocenters. The molecule has 0 aliphatic rings. The van der Waals surface area contributed by atoms with Crippen molar-refractivity contribution in [2.45, 2.75) is 104 Å². The third kappa shape index (κ3) is 18.3. The Balaban J connectivity index is 0. The maximum Gasteiger partial charge on any atom is 0.0537 e. The molecule has 0 aromatic rings. The molecule has 0 heterocycles. The molecule has 2 nitrogen and oxygen atoms in total. The minimum Gasteiger partial charge on any atom is -0.393 e. The lowest BCUT2D eigenvalue weighted by Gasteiger charge is -2.04. The molecule has 0 bridgehead atoms. The molecule has 0 spiro atoms. The molecule has 2 N–H and O–H groups in total. The molecule has 0 aliphatic carbocycles. The van der Waals surface area contributed by atoms with Crippen molar-refractivity contribution in [1.29, 1.82) is 0 Å². The number of hydrogen-bond acceptors (Lipinski definition) is 2. The molecule has 0 radical (unpaired) electrons. The predicted molar refractivity (Wildman–Crippen MR) is 80.9 cm³/mol. The van der Waals surface area contributed by atoms with Gasteiger partial charge in [-0.05, 0) is 25.7 Å². The van der Waals surface area contributed by atoms with Crippen molar-refractivity contribution < 1.29 is 10.2 Å². The summed E-state index contributed by atoms with van der Waals surface area (Å²) in [5.74, 6) is 0. The molecular formula is C16H36O2. The van der Waals surface area contributed by atoms with Crippen LogP contribution in [-0.2, 0) is 0 Å². The van der Waals surface area contributed by atoms with Crippen molar-refractivity contribution in [2.24, 2.45) is 0 Å². The van der Waals surface area contributed by atoms with Gasteiger partial charge in [0.25, 0.3) is 0 Å². The van der Waals surface area contributed by atoms with E-state index in [0.29, 0.717) is 0 Å². The molecule has 0 fully saturated rings. The first-order valence-corrected chi connectivity index (χ1v) is 7.98. The van der Waals surface area contributed by atoms with E-state index in [0.717, 1.165) is 25.7 Å². The monoisotopic (exact) mass is 260 g/mol. The predicted octanol–water partition coefficient (Wildman–Crippen LogP) is 4.68. The Bertz CT molecular complexity index is 121. The van der Waals surface area contributed by atoms with E-state index in [-0.39, 0.29) is 12.2 Å². The van der Waals surface area contributed by atoms with Crippen LogP contribution in [0.25, 0.3) is 0 Å². The average molecular weight is 260 g/mol. The number of hydrogen-bond donors (Lipinski definition) is 2. The van der Waals surface area contributed by atoms with Crippen LogP contribution in [0.2, 0.25) is 0 Å². The molecule has 112 valence electrons. The van der Waals surface area contributed by atoms with Gasteiger partial charge in [0.1, 0.15) is 0 Å². The highest BCUT2D eigenvalue weighted by atomic mass is 16.3. The van der Waals surface area contributed by atoms with Gasteiger partial charge in [0, 0.05) is 0 Å². The zero-order valence-corrected chi connectivity index (χ0v) is 13.1. The zero-order chi connectivity index (χ0) is 14.2. The Morgan fingerprint density at radius 1 is 0.611 bits per heavy atom. The summed E-state index contributed by atoms with van der Waals surface area (Å²) in [4.78, 5) is 0. The minimum atomic E-state index is -0.0449. The molecule has 0 saturated carbocycles. The first kappa shape index (κ1) is 20.2. The van der Waals surface area contributed by atoms with Gasteiger partial charge in [-0.25, -0.2) is 0 Å². The molecule has 0 saturated heterocycles. The van der Waals surface area contributed by atoms with Crippen LogP contribution >= 0.6 is 0 Å². The summed E-state index contributed by atoms with van der Waals surface area (Å²) in [6.45, 7) is 8.41. The summed E-state index contributed by atoms with van der Waals surface area (Å²) >= 11 is 0. The van der Waals surface area contributed by atoms with Crippen molar-refractivity contribution in [1.82, 2.24) is 0 Å². The third-order valence-corrected chi connectivity index (χ3v) is 3.22. The maximum absolute atomic E-state index is 9.08. The smallest absolute Gasteiger partial charge is 0.0537 e. The highest BCUT2D eigenvalue weighted by molar-refractivity contribution is 4.51. The van der Waals surface area contributed by atoms with E-state index < -0.39 is 0 Å². The van der Waals surface area contributed by atoms with Gasteiger partial charge in [0.15, 0.2) is 0 Å². The van der Waals surface area contributed by atoms with Gasteiger partial charge >= 0.3 is 0 Å². The van der Waals surface area contributed by atoms with Crippen LogP contribution < -0.4 is 0 Å². The topological polar surface area (TPSA) is 40.5 Å². The quantitative estimate of drug-likeness (QED) is 0.560. The average Bonchev–Trinajstić information content (AvgIpc) is 2.39. The van der Waals surface area contributed by atoms with Gasteiger partial charge in [-0.15, -0.1) is 0 Å². The van der Waals surface area contributed by atoms with Gasteiger partial charge in [-0.3, -0.25) is 0 Å². The van der Waals surface area contributed by atoms with E-state index in [9.17, 15) is 0 Å². The highest BCUT2D eigenvalue weighted by Gasteiger charge is 1.98. The Morgan fingerprint density at radius 3 is 1.17 bits per heavy atom. The Labute approximate surface area is 115 Å². The van der Waals surface area contributed by atoms with E-state index in [4.69, 9.17) is 10.2 Å². The standard InChI is InChI=1S/2C8H18O/c2*1-3-5-6-7-8(9)4-2/h2*8-9H,3-7H2,1-2H3. The summed E-state index contributed by atoms with van der Waals surface area (Å²) in [5.41, 5.74) is 0. The number of rotatable bonds is 10. The molecule has 0 aromatic carbocycles. The van der Waals surface area contributed by atoms with Crippen molar-refractivity contribution in [3.63, 3.8) is 0 Å². The first-order chi connectivity index (χ1) is 8.62. The van der Waals surface area contributed by atoms with Crippen LogP contribution in [0.15, 0.2) is 0 Å². The number of aliphatic hydroxyl groups is 2. The molecule has 0 rings (SSSR count). The van der Waals surface area contributed by atoms with Crippen LogP contribution in [-0.4, -0.2) is 22.4 Å². The lowest BCUT2D eigenvalue weighted by atomic mass is 10.1. The summed E-state index contributed by atoms with van der Waals surface area (Å²) in [7, 11) is 0. The van der Waals surface area contributed by atoms with E-state index in [1.54, 1.807) is 0 Å². The molecule has 0 amide bonds. The highest BCUT2D eigenvalue weighted by Crippen LogP contribution is 2.05. The van der Waals surface area contributed by atoms with Gasteiger partial charge in [0.05, 0.1) is 12.2 Å². The van der Waals surface area contributed by atoms with Gasteiger partial charge < -0.3 is 10.2 Å². The Kier molecular flexibility index (Phi) is 19.0. The fraction of sp³-hybridized carbons (Fsp3) is 1.00. The Hall–Kier alpha value is -0.0800. The van der Waals surface area contributed by atoms with Crippen molar-refractivity contribution >= 4 is 0 Å². The lowest BCUT2D eigenvalue weighted by molar-refractivity contribution is 0.156. The Morgan fingerprint density at radius 2 is 0.944 bits per heavy atom. The summed E-state index contributed by atoms with van der Waals surface area (Å²) in [5, 5.41) is 18.2. The first-order valence-electron chi connectivity index (χ1n) is 7.98. The maximum atomic E-state index is 9.08. The fourth-order valence-electron chi connectivity index (χ4n) is 1.67. The van der Waals surface area contributed by atoms with Crippen molar-refractivity contribution in [3.8, 4) is 0 Å². The second-order valence-corrected chi connectivity index (χ2v) is 5.12. The van der Waals surface area contributed by atoms with E-state index in [2.05, 4.69) is 13.8 Å². The molecule has 0 aliphatic heterocycles. The van der Waals surface area contributed by atoms with Crippen LogP contribution in [0.3, 0.4) is 0 Å². The second kappa shape index (κ2) is 16.9. The molecule has 2 heteroatoms. The summed E-state index contributed by atoms with van der Waals surface area (Å²) in [6.07, 6.45) is 11.1. The fourth-order valence-corrected chi connectivity index (χ4v) is 1.67. The second-order valence-electron chi connectivity index (χ2n) is 5.12. The molecule has 0 aromatic heterocycles. The van der Waals surface area contributed by atoms with Gasteiger partial charge in [-0.2, -0.15) is 0 Å². The number of aliphatic hydroxyl groups excluding tert-OH is 2. The van der Waals surface area contributed by atoms with Crippen LogP contribution in [0.4, 0.5) is 0 Å². The normalized spacial score (nSPS) is 13.7. The SMILES string of the molecule is CCCCCC(O)CC.CCCCCC(O)CC. The van der Waals surface area contributed by atoms with Gasteiger partial charge in [-0.1, -0.05) is 66.2 Å².